The fraction of sp³-hybridized carbons (Fsp3) is 0.500. The molecule has 1 saturated carbocycles. The van der Waals surface area contributed by atoms with Gasteiger partial charge in [-0.2, -0.15) is 0 Å². The summed E-state index contributed by atoms with van der Waals surface area (Å²) in [4.78, 5) is 51.1. The maximum atomic E-state index is 12.9. The number of benzene rings is 1. The van der Waals surface area contributed by atoms with Crippen LogP contribution in [-0.4, -0.2) is 67.8 Å². The summed E-state index contributed by atoms with van der Waals surface area (Å²) in [5.41, 5.74) is 1.70. The quantitative estimate of drug-likeness (QED) is 0.605. The van der Waals surface area contributed by atoms with Gasteiger partial charge in [0.05, 0.1) is 23.5 Å². The molecule has 3 atom stereocenters. The Kier molecular flexibility index (Phi) is 4.99. The van der Waals surface area contributed by atoms with Crippen LogP contribution in [0.4, 0.5) is 0 Å². The van der Waals surface area contributed by atoms with E-state index in [-0.39, 0.29) is 42.5 Å². The average molecular weight is 479 g/mol. The van der Waals surface area contributed by atoms with E-state index in [2.05, 4.69) is 20.9 Å². The van der Waals surface area contributed by atoms with Crippen molar-refractivity contribution in [3.8, 4) is 5.69 Å². The Morgan fingerprint density at radius 1 is 1.23 bits per heavy atom. The first-order valence-electron chi connectivity index (χ1n) is 12.0. The molecule has 0 radical (unpaired) electrons. The normalized spacial score (nSPS) is 28.3. The lowest BCUT2D eigenvalue weighted by atomic mass is 9.90. The average Bonchev–Trinajstić information content (AvgIpc) is 3.25. The van der Waals surface area contributed by atoms with E-state index in [0.717, 1.165) is 24.8 Å². The van der Waals surface area contributed by atoms with Crippen molar-refractivity contribution in [2.24, 2.45) is 5.92 Å². The molecule has 2 saturated heterocycles. The highest BCUT2D eigenvalue weighted by atomic mass is 16.5. The Morgan fingerprint density at radius 2 is 2.06 bits per heavy atom. The van der Waals surface area contributed by atoms with Gasteiger partial charge in [0.25, 0.3) is 11.8 Å². The van der Waals surface area contributed by atoms with Crippen LogP contribution in [0.5, 0.6) is 0 Å². The minimum Gasteiger partial charge on any atom is -0.375 e. The molecule has 4 heterocycles. The molecule has 11 heteroatoms. The Morgan fingerprint density at radius 3 is 2.83 bits per heavy atom. The van der Waals surface area contributed by atoms with E-state index in [1.165, 1.54) is 9.58 Å². The van der Waals surface area contributed by atoms with Crippen molar-refractivity contribution in [1.82, 2.24) is 30.5 Å². The zero-order chi connectivity index (χ0) is 24.3. The molecule has 2 aromatic rings. The number of rotatable bonds is 5. The second-order valence-corrected chi connectivity index (χ2v) is 10.0. The molecule has 4 amide bonds. The molecule has 3 fully saturated rings. The summed E-state index contributed by atoms with van der Waals surface area (Å²) >= 11 is 0. The van der Waals surface area contributed by atoms with Crippen molar-refractivity contribution in [1.29, 1.82) is 0 Å². The maximum Gasteiger partial charge on any atom is 0.273 e. The first-order valence-corrected chi connectivity index (χ1v) is 12.0. The van der Waals surface area contributed by atoms with Crippen LogP contribution in [0.2, 0.25) is 0 Å². The molecule has 35 heavy (non-hydrogen) atoms. The Labute approximate surface area is 201 Å². The molecule has 3 aliphatic heterocycles. The monoisotopic (exact) mass is 478 g/mol. The van der Waals surface area contributed by atoms with Gasteiger partial charge in [0.2, 0.25) is 11.8 Å². The summed E-state index contributed by atoms with van der Waals surface area (Å²) in [6.45, 7) is 2.92. The highest BCUT2D eigenvalue weighted by Gasteiger charge is 2.49. The fourth-order valence-corrected chi connectivity index (χ4v) is 5.43. The third-order valence-corrected chi connectivity index (χ3v) is 7.49. The lowest BCUT2D eigenvalue weighted by Crippen LogP contribution is -2.52. The summed E-state index contributed by atoms with van der Waals surface area (Å²) in [6.07, 6.45) is 5.14. The summed E-state index contributed by atoms with van der Waals surface area (Å²) < 4.78 is 7.39. The number of imide groups is 1. The largest absolute Gasteiger partial charge is 0.375 e. The number of nitrogens with zero attached hydrogens (tertiary/aromatic N) is 4. The second-order valence-electron chi connectivity index (χ2n) is 10.0. The lowest BCUT2D eigenvalue weighted by Gasteiger charge is -2.30. The van der Waals surface area contributed by atoms with Gasteiger partial charge in [-0.25, -0.2) is 4.68 Å². The third-order valence-electron chi connectivity index (χ3n) is 7.49. The molecule has 1 aromatic heterocycles. The maximum absolute atomic E-state index is 12.9. The van der Waals surface area contributed by atoms with Gasteiger partial charge in [-0.1, -0.05) is 5.21 Å². The zero-order valence-electron chi connectivity index (χ0n) is 19.3. The molecular weight excluding hydrogens is 452 g/mol. The molecule has 1 aliphatic carbocycles. The predicted octanol–water partition coefficient (Wildman–Crippen LogP) is 0.716. The van der Waals surface area contributed by atoms with Crippen LogP contribution in [0.25, 0.3) is 5.69 Å². The van der Waals surface area contributed by atoms with Gasteiger partial charge in [-0.05, 0) is 62.3 Å². The molecule has 3 unspecified atom stereocenters. The van der Waals surface area contributed by atoms with E-state index in [0.29, 0.717) is 30.2 Å². The number of amides is 4. The number of hydrogen-bond acceptors (Lipinski definition) is 7. The highest BCUT2D eigenvalue weighted by Crippen LogP contribution is 2.43. The van der Waals surface area contributed by atoms with Gasteiger partial charge < -0.3 is 15.0 Å². The number of nitrogens with one attached hydrogen (secondary N) is 2. The van der Waals surface area contributed by atoms with Crippen molar-refractivity contribution >= 4 is 23.6 Å². The van der Waals surface area contributed by atoms with Crippen molar-refractivity contribution in [3.05, 3.63) is 41.2 Å². The van der Waals surface area contributed by atoms with Crippen LogP contribution in [0, 0.1) is 5.92 Å². The van der Waals surface area contributed by atoms with Crippen molar-refractivity contribution in [2.45, 2.75) is 63.3 Å². The van der Waals surface area contributed by atoms with E-state index >= 15 is 0 Å². The van der Waals surface area contributed by atoms with Gasteiger partial charge in [-0.3, -0.25) is 24.5 Å². The minimum absolute atomic E-state index is 0.0306. The van der Waals surface area contributed by atoms with E-state index < -0.39 is 17.5 Å². The Hall–Kier alpha value is -3.60. The standard InChI is InChI=1S/C24H26N6O5/c1-24(8-9-35-20(24)13-2-3-13)26-21(32)17-12-30(28-27-17)15-4-5-16-14(10-15)11-29(23(16)34)18-6-7-19(31)25-22(18)33/h4-5,10,12-13,18,20H,2-3,6-9,11H2,1H3,(H,26,32)(H,25,31,33). The number of fused-ring (bicyclic) bond motifs is 1. The summed E-state index contributed by atoms with van der Waals surface area (Å²) in [5, 5.41) is 13.6. The molecular formula is C24H26N6O5. The first kappa shape index (κ1) is 21.9. The van der Waals surface area contributed by atoms with Gasteiger partial charge in [0.15, 0.2) is 5.69 Å². The lowest BCUT2D eigenvalue weighted by molar-refractivity contribution is -0.136. The molecule has 4 aliphatic rings. The molecule has 182 valence electrons. The van der Waals surface area contributed by atoms with Crippen molar-refractivity contribution in [3.63, 3.8) is 0 Å². The SMILES string of the molecule is CC1(NC(=O)c2cn(-c3ccc4c(c3)CN(C3CCC(=O)NC3=O)C4=O)nn2)CCOC1C1CC1. The minimum atomic E-state index is -0.668. The van der Waals surface area contributed by atoms with Crippen LogP contribution in [0.15, 0.2) is 24.4 Å². The Bertz CT molecular complexity index is 1250. The highest BCUT2D eigenvalue weighted by molar-refractivity contribution is 6.05. The fourth-order valence-electron chi connectivity index (χ4n) is 5.43. The van der Waals surface area contributed by atoms with E-state index in [1.807, 2.05) is 13.0 Å². The summed E-state index contributed by atoms with van der Waals surface area (Å²) in [5.74, 6) is -0.791. The van der Waals surface area contributed by atoms with Crippen LogP contribution >= 0.6 is 0 Å². The number of aromatic nitrogens is 3. The molecule has 0 spiro atoms. The topological polar surface area (TPSA) is 136 Å². The van der Waals surface area contributed by atoms with Gasteiger partial charge in [0, 0.05) is 25.1 Å². The molecule has 1 aromatic carbocycles. The predicted molar refractivity (Wildman–Crippen MR) is 120 cm³/mol. The number of hydrogen-bond donors (Lipinski definition) is 2. The third kappa shape index (κ3) is 3.79. The number of piperidine rings is 1. The molecule has 2 N–H and O–H groups in total. The number of carbonyl (C=O) groups excluding carboxylic acids is 4. The van der Waals surface area contributed by atoms with Crippen molar-refractivity contribution < 1.29 is 23.9 Å². The van der Waals surface area contributed by atoms with E-state index in [1.54, 1.807) is 18.3 Å². The first-order chi connectivity index (χ1) is 16.8. The Balaban J connectivity index is 1.18. The van der Waals surface area contributed by atoms with Gasteiger partial charge in [-0.15, -0.1) is 5.10 Å². The number of carbonyl (C=O) groups is 4. The second kappa shape index (κ2) is 7.98. The van der Waals surface area contributed by atoms with Crippen LogP contribution < -0.4 is 10.6 Å². The molecule has 6 rings (SSSR count). The smallest absolute Gasteiger partial charge is 0.273 e. The summed E-state index contributed by atoms with van der Waals surface area (Å²) in [6, 6.07) is 4.57. The van der Waals surface area contributed by atoms with Crippen molar-refractivity contribution in [2.75, 3.05) is 6.61 Å². The van der Waals surface area contributed by atoms with Crippen LogP contribution in [-0.2, 0) is 20.9 Å². The van der Waals surface area contributed by atoms with E-state index in [4.69, 9.17) is 4.74 Å². The van der Waals surface area contributed by atoms with Crippen LogP contribution in [0.1, 0.15) is 65.4 Å². The molecule has 11 nitrogen and oxygen atoms in total. The zero-order valence-corrected chi connectivity index (χ0v) is 19.3. The molecule has 0 bridgehead atoms. The number of ether oxygens (including phenoxy) is 1. The van der Waals surface area contributed by atoms with Gasteiger partial charge in [0.1, 0.15) is 6.04 Å². The van der Waals surface area contributed by atoms with Gasteiger partial charge >= 0.3 is 0 Å². The van der Waals surface area contributed by atoms with Crippen LogP contribution in [0.3, 0.4) is 0 Å². The summed E-state index contributed by atoms with van der Waals surface area (Å²) in [7, 11) is 0. The van der Waals surface area contributed by atoms with E-state index in [9.17, 15) is 19.2 Å².